The number of nitrogens with zero attached hydrogens (tertiary/aromatic N) is 2. The fraction of sp³-hybridized carbons (Fsp3) is 0.273. The van der Waals surface area contributed by atoms with Crippen LogP contribution in [0.25, 0.3) is 11.3 Å². The van der Waals surface area contributed by atoms with Crippen LogP contribution in [0.1, 0.15) is 34.1 Å². The van der Waals surface area contributed by atoms with Gasteiger partial charge in [-0.2, -0.15) is 5.10 Å². The Balaban J connectivity index is 1.74. The minimum absolute atomic E-state index is 0.0585. The van der Waals surface area contributed by atoms with Crippen LogP contribution in [-0.2, 0) is 12.6 Å². The number of aryl methyl sites for hydroxylation is 3. The van der Waals surface area contributed by atoms with Crippen molar-refractivity contribution in [3.8, 4) is 11.3 Å². The third kappa shape index (κ3) is 4.26. The second kappa shape index (κ2) is 7.78. The molecular formula is C22H24ClN3O2. The van der Waals surface area contributed by atoms with Gasteiger partial charge in [0.05, 0.1) is 12.2 Å². The summed E-state index contributed by atoms with van der Waals surface area (Å²) in [6.45, 7) is 5.83. The molecule has 3 rings (SSSR count). The third-order valence-electron chi connectivity index (χ3n) is 4.97. The maximum absolute atomic E-state index is 12.6. The van der Waals surface area contributed by atoms with Gasteiger partial charge < -0.3 is 10.4 Å². The van der Waals surface area contributed by atoms with E-state index in [1.54, 1.807) is 41.9 Å². The molecule has 1 heterocycles. The van der Waals surface area contributed by atoms with Gasteiger partial charge in [0.1, 0.15) is 5.60 Å². The maximum atomic E-state index is 12.6. The predicted molar refractivity (Wildman–Crippen MR) is 111 cm³/mol. The SMILES string of the molecule is Cc1ccc(-c2cc(C(=O)NCC(C)(O)c3ccc(Cl)cc3)nn2C)cc1C. The van der Waals surface area contributed by atoms with E-state index in [0.717, 1.165) is 11.3 Å². The van der Waals surface area contributed by atoms with Crippen LogP contribution in [0.15, 0.2) is 48.5 Å². The second-order valence-corrected chi connectivity index (χ2v) is 7.74. The number of carbonyl (C=O) groups is 1. The smallest absolute Gasteiger partial charge is 0.271 e. The second-order valence-electron chi connectivity index (χ2n) is 7.30. The number of aromatic nitrogens is 2. The molecule has 0 spiro atoms. The van der Waals surface area contributed by atoms with Gasteiger partial charge in [0.25, 0.3) is 5.91 Å². The Labute approximate surface area is 170 Å². The van der Waals surface area contributed by atoms with Gasteiger partial charge in [-0.3, -0.25) is 9.48 Å². The normalized spacial score (nSPS) is 13.2. The van der Waals surface area contributed by atoms with E-state index in [1.165, 1.54) is 11.1 Å². The minimum atomic E-state index is -1.22. The van der Waals surface area contributed by atoms with Gasteiger partial charge >= 0.3 is 0 Å². The average molecular weight is 398 g/mol. The van der Waals surface area contributed by atoms with Crippen LogP contribution in [-0.4, -0.2) is 27.3 Å². The Morgan fingerprint density at radius 3 is 2.46 bits per heavy atom. The molecule has 1 unspecified atom stereocenters. The summed E-state index contributed by atoms with van der Waals surface area (Å²) < 4.78 is 1.69. The van der Waals surface area contributed by atoms with E-state index in [1.807, 2.05) is 13.1 Å². The van der Waals surface area contributed by atoms with E-state index in [9.17, 15) is 9.90 Å². The molecule has 2 N–H and O–H groups in total. The molecule has 0 bridgehead atoms. The summed E-state index contributed by atoms with van der Waals surface area (Å²) in [7, 11) is 1.81. The number of benzene rings is 2. The van der Waals surface area contributed by atoms with E-state index in [-0.39, 0.29) is 12.5 Å². The molecule has 0 aliphatic carbocycles. The van der Waals surface area contributed by atoms with Gasteiger partial charge in [-0.05, 0) is 61.7 Å². The molecule has 0 aliphatic rings. The summed E-state index contributed by atoms with van der Waals surface area (Å²) >= 11 is 5.89. The highest BCUT2D eigenvalue weighted by Crippen LogP contribution is 2.24. The zero-order chi connectivity index (χ0) is 20.5. The summed E-state index contributed by atoms with van der Waals surface area (Å²) in [5.41, 5.74) is 4.03. The van der Waals surface area contributed by atoms with Crippen LogP contribution in [0, 0.1) is 13.8 Å². The van der Waals surface area contributed by atoms with Crippen LogP contribution in [0.3, 0.4) is 0 Å². The van der Waals surface area contributed by atoms with E-state index in [2.05, 4.69) is 36.4 Å². The van der Waals surface area contributed by atoms with Crippen molar-refractivity contribution in [2.75, 3.05) is 6.54 Å². The molecule has 6 heteroatoms. The van der Waals surface area contributed by atoms with Crippen molar-refractivity contribution in [2.24, 2.45) is 7.05 Å². The number of rotatable bonds is 5. The third-order valence-corrected chi connectivity index (χ3v) is 5.23. The van der Waals surface area contributed by atoms with Crippen molar-refractivity contribution in [1.29, 1.82) is 0 Å². The quantitative estimate of drug-likeness (QED) is 0.683. The molecule has 0 radical (unpaired) electrons. The number of carbonyl (C=O) groups excluding carboxylic acids is 1. The van der Waals surface area contributed by atoms with Gasteiger partial charge in [0.2, 0.25) is 0 Å². The van der Waals surface area contributed by atoms with E-state index in [4.69, 9.17) is 11.6 Å². The zero-order valence-corrected chi connectivity index (χ0v) is 17.2. The lowest BCUT2D eigenvalue weighted by molar-refractivity contribution is 0.0525. The van der Waals surface area contributed by atoms with Crippen molar-refractivity contribution in [3.63, 3.8) is 0 Å². The Morgan fingerprint density at radius 2 is 1.82 bits per heavy atom. The Bertz CT molecular complexity index is 1010. The number of amides is 1. The summed E-state index contributed by atoms with van der Waals surface area (Å²) in [5.74, 6) is -0.333. The highest BCUT2D eigenvalue weighted by atomic mass is 35.5. The number of hydrogen-bond acceptors (Lipinski definition) is 3. The molecule has 5 nitrogen and oxygen atoms in total. The lowest BCUT2D eigenvalue weighted by atomic mass is 9.96. The first kappa shape index (κ1) is 20.1. The van der Waals surface area contributed by atoms with Gasteiger partial charge in [-0.25, -0.2) is 0 Å². The van der Waals surface area contributed by atoms with E-state index >= 15 is 0 Å². The van der Waals surface area contributed by atoms with E-state index in [0.29, 0.717) is 16.3 Å². The van der Waals surface area contributed by atoms with Crippen molar-refractivity contribution in [2.45, 2.75) is 26.4 Å². The average Bonchev–Trinajstić information content (AvgIpc) is 3.04. The van der Waals surface area contributed by atoms with Gasteiger partial charge in [0, 0.05) is 17.6 Å². The Kier molecular flexibility index (Phi) is 5.59. The molecule has 0 saturated carbocycles. The Hall–Kier alpha value is -2.63. The first-order valence-corrected chi connectivity index (χ1v) is 9.43. The molecule has 1 amide bonds. The highest BCUT2D eigenvalue weighted by Gasteiger charge is 2.25. The summed E-state index contributed by atoms with van der Waals surface area (Å²) in [5, 5.41) is 18.4. The lowest BCUT2D eigenvalue weighted by Crippen LogP contribution is -2.38. The molecule has 1 aromatic heterocycles. The topological polar surface area (TPSA) is 67.2 Å². The standard InChI is InChI=1S/C22H24ClN3O2/c1-14-5-6-16(11-15(14)2)20-12-19(25-26(20)4)21(27)24-13-22(3,28)17-7-9-18(23)10-8-17/h5-12,28H,13H2,1-4H3,(H,24,27). The van der Waals surface area contributed by atoms with Crippen LogP contribution < -0.4 is 5.32 Å². The van der Waals surface area contributed by atoms with E-state index < -0.39 is 5.60 Å². The monoisotopic (exact) mass is 397 g/mol. The number of aliphatic hydroxyl groups is 1. The molecule has 3 aromatic rings. The van der Waals surface area contributed by atoms with Gasteiger partial charge in [0.15, 0.2) is 5.69 Å². The van der Waals surface area contributed by atoms with Crippen LogP contribution in [0.5, 0.6) is 0 Å². The van der Waals surface area contributed by atoms with Crippen LogP contribution in [0.2, 0.25) is 5.02 Å². The summed E-state index contributed by atoms with van der Waals surface area (Å²) in [6, 6.07) is 14.8. The molecule has 0 fully saturated rings. The largest absolute Gasteiger partial charge is 0.384 e. The molecule has 1 atom stereocenters. The Morgan fingerprint density at radius 1 is 1.14 bits per heavy atom. The predicted octanol–water partition coefficient (Wildman–Crippen LogP) is 3.99. The number of hydrogen-bond donors (Lipinski definition) is 2. The minimum Gasteiger partial charge on any atom is -0.384 e. The van der Waals surface area contributed by atoms with Crippen molar-refractivity contribution < 1.29 is 9.90 Å². The molecule has 0 aliphatic heterocycles. The highest BCUT2D eigenvalue weighted by molar-refractivity contribution is 6.30. The van der Waals surface area contributed by atoms with Crippen molar-refractivity contribution >= 4 is 17.5 Å². The first-order chi connectivity index (χ1) is 13.2. The fourth-order valence-electron chi connectivity index (χ4n) is 3.00. The molecular weight excluding hydrogens is 374 g/mol. The summed E-state index contributed by atoms with van der Waals surface area (Å²) in [4.78, 5) is 12.6. The number of halogens is 1. The van der Waals surface area contributed by atoms with Gasteiger partial charge in [-0.15, -0.1) is 0 Å². The van der Waals surface area contributed by atoms with Gasteiger partial charge in [-0.1, -0.05) is 35.9 Å². The van der Waals surface area contributed by atoms with Crippen molar-refractivity contribution in [3.05, 3.63) is 75.9 Å². The fourth-order valence-corrected chi connectivity index (χ4v) is 3.13. The molecule has 28 heavy (non-hydrogen) atoms. The van der Waals surface area contributed by atoms with Crippen molar-refractivity contribution in [1.82, 2.24) is 15.1 Å². The molecule has 2 aromatic carbocycles. The lowest BCUT2D eigenvalue weighted by Gasteiger charge is -2.24. The van der Waals surface area contributed by atoms with Crippen LogP contribution >= 0.6 is 11.6 Å². The maximum Gasteiger partial charge on any atom is 0.271 e. The van der Waals surface area contributed by atoms with Crippen LogP contribution in [0.4, 0.5) is 0 Å². The first-order valence-electron chi connectivity index (χ1n) is 9.05. The molecule has 146 valence electrons. The summed E-state index contributed by atoms with van der Waals surface area (Å²) in [6.07, 6.45) is 0. The molecule has 0 saturated heterocycles. The number of nitrogens with one attached hydrogen (secondary N) is 1. The zero-order valence-electron chi connectivity index (χ0n) is 16.5.